The Hall–Kier alpha value is -2.21. The standard InChI is InChI=1S/C20H20N2O3S/c23-19(22-10-13-4-5-16-17(9-13)25-12-24-16)14-11-26-20-7-2-1-3-18(20)21-8-6-15(14)20/h1-5,8-9,14-15H,6-7,10-12H2,(H,22,23). The van der Waals surface area contributed by atoms with Crippen molar-refractivity contribution < 1.29 is 14.3 Å². The molecule has 6 heteroatoms. The summed E-state index contributed by atoms with van der Waals surface area (Å²) in [6, 6.07) is 5.81. The van der Waals surface area contributed by atoms with Crippen LogP contribution in [0.25, 0.3) is 0 Å². The van der Waals surface area contributed by atoms with E-state index in [9.17, 15) is 4.79 Å². The predicted octanol–water partition coefficient (Wildman–Crippen LogP) is 3.07. The van der Waals surface area contributed by atoms with Crippen molar-refractivity contribution in [1.29, 1.82) is 0 Å². The zero-order valence-corrected chi connectivity index (χ0v) is 15.1. The number of thioether (sulfide) groups is 1. The summed E-state index contributed by atoms with van der Waals surface area (Å²) in [7, 11) is 0. The summed E-state index contributed by atoms with van der Waals surface area (Å²) in [6.45, 7) is 0.771. The molecule has 1 amide bonds. The third-order valence-corrected chi connectivity index (χ3v) is 7.40. The van der Waals surface area contributed by atoms with E-state index in [-0.39, 0.29) is 23.4 Å². The summed E-state index contributed by atoms with van der Waals surface area (Å²) in [6.07, 6.45) is 10.2. The molecular weight excluding hydrogens is 348 g/mol. The summed E-state index contributed by atoms with van der Waals surface area (Å²) in [4.78, 5) is 17.5. The van der Waals surface area contributed by atoms with Crippen LogP contribution >= 0.6 is 11.8 Å². The molecule has 0 saturated carbocycles. The second kappa shape index (κ2) is 6.20. The number of allylic oxidation sites excluding steroid dienone is 3. The van der Waals surface area contributed by atoms with E-state index in [1.807, 2.05) is 36.2 Å². The Labute approximate surface area is 156 Å². The highest BCUT2D eigenvalue weighted by molar-refractivity contribution is 8.01. The third kappa shape index (κ3) is 2.47. The highest BCUT2D eigenvalue weighted by Gasteiger charge is 2.54. The minimum atomic E-state index is -0.00967. The Morgan fingerprint density at radius 1 is 1.35 bits per heavy atom. The lowest BCUT2D eigenvalue weighted by Crippen LogP contribution is -2.43. The van der Waals surface area contributed by atoms with E-state index in [0.29, 0.717) is 12.5 Å². The lowest BCUT2D eigenvalue weighted by molar-refractivity contribution is -0.126. The number of ether oxygens (including phenoxy) is 2. The maximum Gasteiger partial charge on any atom is 0.231 e. The Balaban J connectivity index is 1.29. The molecule has 1 saturated heterocycles. The summed E-state index contributed by atoms with van der Waals surface area (Å²) in [5.41, 5.74) is 2.15. The van der Waals surface area contributed by atoms with E-state index in [4.69, 9.17) is 9.47 Å². The van der Waals surface area contributed by atoms with Crippen molar-refractivity contribution in [3.8, 4) is 11.5 Å². The molecule has 3 unspecified atom stereocenters. The fourth-order valence-electron chi connectivity index (χ4n) is 4.31. The molecule has 26 heavy (non-hydrogen) atoms. The van der Waals surface area contributed by atoms with Crippen molar-refractivity contribution in [2.24, 2.45) is 16.8 Å². The number of hydrogen-bond acceptors (Lipinski definition) is 5. The van der Waals surface area contributed by atoms with E-state index in [1.54, 1.807) is 0 Å². The second-order valence-electron chi connectivity index (χ2n) is 7.05. The molecule has 0 bridgehead atoms. The number of benzene rings is 1. The van der Waals surface area contributed by atoms with Crippen LogP contribution in [0.5, 0.6) is 11.5 Å². The zero-order chi connectivity index (χ0) is 17.6. The van der Waals surface area contributed by atoms with Crippen LogP contribution in [0.3, 0.4) is 0 Å². The van der Waals surface area contributed by atoms with Gasteiger partial charge in [-0.2, -0.15) is 0 Å². The molecule has 5 rings (SSSR count). The topological polar surface area (TPSA) is 59.9 Å². The quantitative estimate of drug-likeness (QED) is 0.891. The van der Waals surface area contributed by atoms with Crippen molar-refractivity contribution in [3.63, 3.8) is 0 Å². The molecule has 1 fully saturated rings. The molecule has 134 valence electrons. The van der Waals surface area contributed by atoms with Gasteiger partial charge in [-0.25, -0.2) is 0 Å². The first-order valence-electron chi connectivity index (χ1n) is 8.96. The van der Waals surface area contributed by atoms with Gasteiger partial charge in [-0.1, -0.05) is 18.2 Å². The molecule has 0 aromatic heterocycles. The summed E-state index contributed by atoms with van der Waals surface area (Å²) in [5.74, 6) is 2.85. The third-order valence-electron chi connectivity index (χ3n) is 5.68. The minimum absolute atomic E-state index is 0.00967. The first kappa shape index (κ1) is 16.0. The number of carbonyl (C=O) groups excluding carboxylic acids is 1. The fourth-order valence-corrected chi connectivity index (χ4v) is 6.13. The molecule has 0 radical (unpaired) electrons. The zero-order valence-electron chi connectivity index (χ0n) is 14.3. The van der Waals surface area contributed by atoms with Gasteiger partial charge in [-0.15, -0.1) is 11.8 Å². The molecular formula is C20H20N2O3S. The molecule has 1 spiro atoms. The van der Waals surface area contributed by atoms with Gasteiger partial charge in [0.15, 0.2) is 11.5 Å². The predicted molar refractivity (Wildman–Crippen MR) is 102 cm³/mol. The van der Waals surface area contributed by atoms with Gasteiger partial charge in [-0.05, 0) is 42.5 Å². The normalized spacial score (nSPS) is 30.5. The SMILES string of the molecule is O=C(NCc1ccc2c(c1)OCO2)C1CSC23CC=CC=C2N=CCC13. The Bertz CT molecular complexity index is 847. The minimum Gasteiger partial charge on any atom is -0.454 e. The molecule has 4 aliphatic rings. The van der Waals surface area contributed by atoms with Crippen LogP contribution in [0.1, 0.15) is 18.4 Å². The van der Waals surface area contributed by atoms with Crippen molar-refractivity contribution >= 4 is 23.9 Å². The number of nitrogens with one attached hydrogen (secondary N) is 1. The number of fused-ring (bicyclic) bond motifs is 1. The lowest BCUT2D eigenvalue weighted by Gasteiger charge is -2.39. The Kier molecular flexibility index (Phi) is 3.81. The summed E-state index contributed by atoms with van der Waals surface area (Å²) in [5, 5.41) is 3.13. The van der Waals surface area contributed by atoms with E-state index >= 15 is 0 Å². The molecule has 3 heterocycles. The van der Waals surface area contributed by atoms with Crippen molar-refractivity contribution in [2.45, 2.75) is 24.1 Å². The molecule has 1 aliphatic carbocycles. The number of nitrogens with zero attached hydrogens (tertiary/aromatic N) is 1. The van der Waals surface area contributed by atoms with Crippen LogP contribution in [0.15, 0.2) is 47.1 Å². The van der Waals surface area contributed by atoms with Gasteiger partial charge in [-0.3, -0.25) is 9.79 Å². The average Bonchev–Trinajstić information content (AvgIpc) is 3.29. The second-order valence-corrected chi connectivity index (χ2v) is 8.40. The monoisotopic (exact) mass is 368 g/mol. The highest BCUT2D eigenvalue weighted by Crippen LogP contribution is 2.57. The lowest BCUT2D eigenvalue weighted by atomic mass is 9.73. The maximum absolute atomic E-state index is 12.9. The van der Waals surface area contributed by atoms with Crippen LogP contribution < -0.4 is 14.8 Å². The van der Waals surface area contributed by atoms with Crippen LogP contribution in [0.2, 0.25) is 0 Å². The van der Waals surface area contributed by atoms with Crippen LogP contribution in [0.4, 0.5) is 0 Å². The number of carbonyl (C=O) groups is 1. The van der Waals surface area contributed by atoms with Gasteiger partial charge in [0, 0.05) is 18.5 Å². The van der Waals surface area contributed by atoms with Gasteiger partial charge in [0.2, 0.25) is 12.7 Å². The van der Waals surface area contributed by atoms with E-state index in [0.717, 1.165) is 41.4 Å². The molecule has 3 aliphatic heterocycles. The van der Waals surface area contributed by atoms with Crippen LogP contribution in [0, 0.1) is 11.8 Å². The first-order valence-corrected chi connectivity index (χ1v) is 9.95. The Morgan fingerprint density at radius 3 is 3.23 bits per heavy atom. The number of aliphatic imine (C=N–C) groups is 1. The summed E-state index contributed by atoms with van der Waals surface area (Å²) < 4.78 is 10.7. The van der Waals surface area contributed by atoms with Gasteiger partial charge >= 0.3 is 0 Å². The van der Waals surface area contributed by atoms with Gasteiger partial charge < -0.3 is 14.8 Å². The first-order chi connectivity index (χ1) is 12.8. The molecule has 1 aromatic rings. The largest absolute Gasteiger partial charge is 0.454 e. The Morgan fingerprint density at radius 2 is 2.27 bits per heavy atom. The molecule has 5 nitrogen and oxygen atoms in total. The van der Waals surface area contributed by atoms with Crippen molar-refractivity contribution in [1.82, 2.24) is 5.32 Å². The molecule has 1 N–H and O–H groups in total. The van der Waals surface area contributed by atoms with E-state index in [2.05, 4.69) is 28.5 Å². The van der Waals surface area contributed by atoms with Gasteiger partial charge in [0.05, 0.1) is 16.4 Å². The highest BCUT2D eigenvalue weighted by atomic mass is 32.2. The fraction of sp³-hybridized carbons (Fsp3) is 0.400. The average molecular weight is 368 g/mol. The van der Waals surface area contributed by atoms with E-state index in [1.165, 1.54) is 0 Å². The smallest absolute Gasteiger partial charge is 0.231 e. The maximum atomic E-state index is 12.9. The van der Waals surface area contributed by atoms with Crippen LogP contribution in [-0.4, -0.2) is 29.4 Å². The number of rotatable bonds is 3. The van der Waals surface area contributed by atoms with Crippen molar-refractivity contribution in [3.05, 3.63) is 47.7 Å². The molecule has 3 atom stereocenters. The van der Waals surface area contributed by atoms with Crippen molar-refractivity contribution in [2.75, 3.05) is 12.5 Å². The van der Waals surface area contributed by atoms with Gasteiger partial charge in [0.25, 0.3) is 0 Å². The number of amides is 1. The molecule has 1 aromatic carbocycles. The summed E-state index contributed by atoms with van der Waals surface area (Å²) >= 11 is 1.90. The number of hydrogen-bond donors (Lipinski definition) is 1. The van der Waals surface area contributed by atoms with Crippen LogP contribution in [-0.2, 0) is 11.3 Å². The van der Waals surface area contributed by atoms with E-state index < -0.39 is 0 Å². The van der Waals surface area contributed by atoms with Gasteiger partial charge in [0.1, 0.15) is 0 Å².